The van der Waals surface area contributed by atoms with Crippen molar-refractivity contribution < 1.29 is 43.5 Å². The average molecular weight is 965 g/mol. The Bertz CT molecular complexity index is 1680. The zero-order valence-corrected chi connectivity index (χ0v) is 44.6. The summed E-state index contributed by atoms with van der Waals surface area (Å²) in [4.78, 5) is 11.2. The van der Waals surface area contributed by atoms with Gasteiger partial charge < -0.3 is 38.7 Å². The van der Waals surface area contributed by atoms with E-state index in [-0.39, 0.29) is 47.3 Å². The lowest BCUT2D eigenvalue weighted by molar-refractivity contribution is -0.114. The van der Waals surface area contributed by atoms with Gasteiger partial charge in [-0.05, 0) is 106 Å². The van der Waals surface area contributed by atoms with Crippen molar-refractivity contribution in [2.45, 2.75) is 194 Å². The van der Waals surface area contributed by atoms with Crippen LogP contribution in [0.2, 0.25) is 18.1 Å². The molecule has 382 valence electrons. The minimum atomic E-state index is -1.73. The molecule has 0 aromatic heterocycles. The molecule has 4 aliphatic heterocycles. The normalized spacial score (nSPS) is 30.6. The van der Waals surface area contributed by atoms with E-state index in [1.165, 1.54) is 0 Å². The van der Waals surface area contributed by atoms with Crippen LogP contribution in [0.3, 0.4) is 0 Å². The summed E-state index contributed by atoms with van der Waals surface area (Å²) in [7, 11) is -1.73. The van der Waals surface area contributed by atoms with Gasteiger partial charge in [-0.3, -0.25) is 4.79 Å². The van der Waals surface area contributed by atoms with E-state index < -0.39 is 26.6 Å². The molecule has 0 spiro atoms. The summed E-state index contributed by atoms with van der Waals surface area (Å²) in [6, 6.07) is 8.65. The molecule has 3 N–H and O–H groups in total. The molecule has 0 saturated carbocycles. The Labute approximate surface area is 412 Å². The van der Waals surface area contributed by atoms with Crippen LogP contribution in [0.15, 0.2) is 48.6 Å². The van der Waals surface area contributed by atoms with Crippen LogP contribution in [0.1, 0.15) is 127 Å². The lowest BCUT2D eigenvalue weighted by atomic mass is 9.88. The highest BCUT2D eigenvalue weighted by atomic mass is 28.4. The van der Waals surface area contributed by atoms with Crippen molar-refractivity contribution in [2.75, 3.05) is 26.4 Å². The van der Waals surface area contributed by atoms with Gasteiger partial charge in [0.05, 0.1) is 99.5 Å². The Morgan fingerprint density at radius 3 is 1.32 bits per heavy atom. The Kier molecular flexibility index (Phi) is 30.5. The summed E-state index contributed by atoms with van der Waals surface area (Å²) in [6.07, 6.45) is 19.6. The van der Waals surface area contributed by atoms with Crippen LogP contribution in [-0.4, -0.2) is 105 Å². The van der Waals surface area contributed by atoms with Crippen molar-refractivity contribution in [3.63, 3.8) is 0 Å². The molecule has 0 radical (unpaired) electrons. The first-order chi connectivity index (χ1) is 32.1. The zero-order valence-electron chi connectivity index (χ0n) is 43.6. The smallest absolute Gasteiger partial charge is 0.192 e. The first-order valence-corrected chi connectivity index (χ1v) is 27.9. The van der Waals surface area contributed by atoms with Crippen LogP contribution in [0.25, 0.3) is 0 Å². The van der Waals surface area contributed by atoms with Crippen molar-refractivity contribution in [2.24, 2.45) is 41.4 Å². The summed E-state index contributed by atoms with van der Waals surface area (Å²) in [6.45, 7) is 27.8. The Hall–Kier alpha value is -3.51. The average Bonchev–Trinajstić information content (AvgIpc) is 4.04. The summed E-state index contributed by atoms with van der Waals surface area (Å²) >= 11 is 0. The summed E-state index contributed by atoms with van der Waals surface area (Å²) in [5.74, 6) is 2.85. The number of rotatable bonds is 19. The quantitative estimate of drug-likeness (QED) is 0.0624. The maximum atomic E-state index is 11.2. The highest BCUT2D eigenvalue weighted by molar-refractivity contribution is 6.74. The maximum Gasteiger partial charge on any atom is 0.192 e. The Balaban J connectivity index is 0.000000460. The maximum absolute atomic E-state index is 11.2. The van der Waals surface area contributed by atoms with Gasteiger partial charge in [0, 0.05) is 38.0 Å². The fourth-order valence-electron chi connectivity index (χ4n) is 8.41. The van der Waals surface area contributed by atoms with Gasteiger partial charge in [-0.25, -0.2) is 0 Å². The number of carbonyl (C=O) groups is 1. The molecular formula is C54H88N4O9Si. The van der Waals surface area contributed by atoms with Gasteiger partial charge in [-0.1, -0.05) is 91.0 Å². The molecule has 4 aliphatic rings. The number of nitriles is 4. The molecule has 4 fully saturated rings. The molecule has 4 saturated heterocycles. The first-order valence-electron chi connectivity index (χ1n) is 25.0. The largest absolute Gasteiger partial charge is 0.411 e. The molecule has 0 aromatic carbocycles. The van der Waals surface area contributed by atoms with Crippen molar-refractivity contribution in [1.29, 1.82) is 21.0 Å². The number of aliphatic hydroxyl groups is 3. The van der Waals surface area contributed by atoms with Crippen LogP contribution in [-0.2, 0) is 28.2 Å². The fraction of sp³-hybridized carbons (Fsp3) is 0.759. The topological polar surface area (TPSA) is 219 Å². The third-order valence-corrected chi connectivity index (χ3v) is 18.3. The van der Waals surface area contributed by atoms with Crippen LogP contribution >= 0.6 is 0 Å². The molecule has 4 heterocycles. The minimum absolute atomic E-state index is 0.0128. The lowest BCUT2D eigenvalue weighted by Crippen LogP contribution is -2.42. The summed E-state index contributed by atoms with van der Waals surface area (Å²) < 4.78 is 28.8. The highest BCUT2D eigenvalue weighted by Gasteiger charge is 2.39. The standard InChI is InChI=1S/C18H33NO2Si.C13H19NO2.C12H19NO2.C11H17NO3/c1-14-13-20-17(16(14)9-8-12-19)11-10-15(2)21-22(6,7)18(3,4)5;1-3-11(15)6-7-13-12(5-4-8-14)10(2)9-16-13;1-9-8-15-12(6-5-10(2)14)11(9)4-3-7-13;1-8(13)4-5-11-9(3-2-6-12)10(14)7-15-11/h10-11,14-17H,8-9,13H2,1-7H3;6-7,10,12-13H,3-5,9H2,1-2H3;5-6,9-12,14H,3-4,8H2,1-2H3;4-5,8-11,13-14H,2-3,7H2,1H3/b11-10+;7-6+;6-5+;5-4+/t14-,15-,16-,17+;10-,12-,13+;9-,10-,11-,12+;8-,9-,10-,11+/m0000/s1. The molecule has 0 unspecified atom stereocenters. The number of allylic oxidation sites excluding steroid dienone is 1. The molecule has 4 rings (SSSR count). The van der Waals surface area contributed by atoms with E-state index in [0.717, 1.165) is 39.1 Å². The predicted molar refractivity (Wildman–Crippen MR) is 269 cm³/mol. The van der Waals surface area contributed by atoms with E-state index >= 15 is 0 Å². The number of nitrogens with zero attached hydrogens (tertiary/aromatic N) is 4. The van der Waals surface area contributed by atoms with Gasteiger partial charge in [0.1, 0.15) is 0 Å². The van der Waals surface area contributed by atoms with E-state index in [0.29, 0.717) is 80.6 Å². The van der Waals surface area contributed by atoms with E-state index in [9.17, 15) is 9.90 Å². The van der Waals surface area contributed by atoms with E-state index in [4.69, 9.17) is 54.6 Å². The molecule has 0 amide bonds. The molecule has 14 heteroatoms. The van der Waals surface area contributed by atoms with E-state index in [1.54, 1.807) is 38.2 Å². The Morgan fingerprint density at radius 2 is 0.971 bits per heavy atom. The van der Waals surface area contributed by atoms with Crippen LogP contribution < -0.4 is 0 Å². The minimum Gasteiger partial charge on any atom is -0.411 e. The number of ketones is 1. The SMILES string of the molecule is CCC(=O)/C=C/[C@H]1OC[C@H](C)[C@@H]1CCC#N.C[C@@H](/C=C/[C@H]1OC[C@H](C)[C@@H]1CCC#N)O[Si](C)(C)C(C)(C)C.C[C@H](O)/C=C/[C@H]1OC[C@H](C)[C@@H]1CCC#N.C[C@H](O)/C=C/[C@H]1OC[C@H](O)[C@@H]1CCC#N. The van der Waals surface area contributed by atoms with Gasteiger partial charge in [-0.2, -0.15) is 21.0 Å². The van der Waals surface area contributed by atoms with Crippen LogP contribution in [0, 0.1) is 86.7 Å². The van der Waals surface area contributed by atoms with Crippen LogP contribution in [0.5, 0.6) is 0 Å². The molecule has 0 aliphatic carbocycles. The Morgan fingerprint density at radius 1 is 0.632 bits per heavy atom. The number of hydrogen-bond acceptors (Lipinski definition) is 13. The number of aliphatic hydroxyl groups excluding tert-OH is 3. The third-order valence-electron chi connectivity index (χ3n) is 13.7. The number of carbonyl (C=O) groups excluding carboxylic acids is 1. The molecule has 15 atom stereocenters. The molecule has 0 bridgehead atoms. The molecule has 0 aromatic rings. The van der Waals surface area contributed by atoms with Crippen LogP contribution in [0.4, 0.5) is 0 Å². The van der Waals surface area contributed by atoms with Gasteiger partial charge in [0.25, 0.3) is 0 Å². The summed E-state index contributed by atoms with van der Waals surface area (Å²) in [5.41, 5.74) is 0. The molecule has 13 nitrogen and oxygen atoms in total. The second-order valence-electron chi connectivity index (χ2n) is 20.5. The number of hydrogen-bond donors (Lipinski definition) is 3. The van der Waals surface area contributed by atoms with Crippen molar-refractivity contribution in [1.82, 2.24) is 0 Å². The van der Waals surface area contributed by atoms with E-state index in [1.807, 2.05) is 19.1 Å². The second-order valence-corrected chi connectivity index (χ2v) is 25.3. The van der Waals surface area contributed by atoms with Crippen molar-refractivity contribution in [3.8, 4) is 24.3 Å². The highest BCUT2D eigenvalue weighted by Crippen LogP contribution is 2.38. The van der Waals surface area contributed by atoms with E-state index in [2.05, 4.69) is 98.0 Å². The first kappa shape index (κ1) is 62.5. The third kappa shape index (κ3) is 23.4. The monoisotopic (exact) mass is 965 g/mol. The van der Waals surface area contributed by atoms with Gasteiger partial charge >= 0.3 is 0 Å². The zero-order chi connectivity index (χ0) is 51.5. The predicted octanol–water partition coefficient (Wildman–Crippen LogP) is 9.87. The number of ether oxygens (including phenoxy) is 4. The van der Waals surface area contributed by atoms with Crippen molar-refractivity contribution in [3.05, 3.63) is 48.6 Å². The fourth-order valence-corrected chi connectivity index (χ4v) is 9.77. The lowest BCUT2D eigenvalue weighted by Gasteiger charge is -2.37. The molecule has 68 heavy (non-hydrogen) atoms. The second kappa shape index (κ2) is 33.1. The van der Waals surface area contributed by atoms with Gasteiger partial charge in [0.2, 0.25) is 0 Å². The van der Waals surface area contributed by atoms with Crippen molar-refractivity contribution >= 4 is 14.1 Å². The van der Waals surface area contributed by atoms with Gasteiger partial charge in [-0.15, -0.1) is 0 Å². The summed E-state index contributed by atoms with van der Waals surface area (Å²) in [5, 5.41) is 62.5. The molecular weight excluding hydrogens is 877 g/mol. The van der Waals surface area contributed by atoms with Gasteiger partial charge in [0.15, 0.2) is 14.1 Å².